The monoisotopic (exact) mass is 408 g/mol. The second-order valence-corrected chi connectivity index (χ2v) is 8.15. The molecule has 0 spiro atoms. The van der Waals surface area contributed by atoms with Crippen LogP contribution in [0.15, 0.2) is 31.2 Å². The summed E-state index contributed by atoms with van der Waals surface area (Å²) in [7, 11) is 2.12. The van der Waals surface area contributed by atoms with Crippen LogP contribution in [0.5, 0.6) is 0 Å². The van der Waals surface area contributed by atoms with Gasteiger partial charge in [0.05, 0.1) is 9.83 Å². The summed E-state index contributed by atoms with van der Waals surface area (Å²) in [6, 6.07) is 4.51. The molecular formula is C12H14Br2N2S2. The van der Waals surface area contributed by atoms with Gasteiger partial charge in [-0.25, -0.2) is 0 Å². The fraction of sp³-hybridized carbons (Fsp3) is 0.333. The van der Waals surface area contributed by atoms with Gasteiger partial charge in [0.25, 0.3) is 0 Å². The van der Waals surface area contributed by atoms with Gasteiger partial charge in [0.2, 0.25) is 0 Å². The maximum Gasteiger partial charge on any atom is 0.0701 e. The molecule has 2 heterocycles. The van der Waals surface area contributed by atoms with Gasteiger partial charge in [0, 0.05) is 22.4 Å². The van der Waals surface area contributed by atoms with Crippen molar-refractivity contribution in [1.29, 1.82) is 0 Å². The molecular weight excluding hydrogens is 396 g/mol. The van der Waals surface area contributed by atoms with Gasteiger partial charge in [-0.2, -0.15) is 0 Å². The number of halogens is 2. The summed E-state index contributed by atoms with van der Waals surface area (Å²) in [5.41, 5.74) is 7.25. The first-order valence-corrected chi connectivity index (χ1v) is 8.82. The molecule has 0 aliphatic rings. The van der Waals surface area contributed by atoms with E-state index in [2.05, 4.69) is 66.7 Å². The van der Waals surface area contributed by atoms with E-state index < -0.39 is 0 Å². The van der Waals surface area contributed by atoms with E-state index in [0.717, 1.165) is 11.0 Å². The third-order valence-corrected chi connectivity index (χ3v) is 6.28. The summed E-state index contributed by atoms with van der Waals surface area (Å²) in [6.07, 6.45) is 0. The topological polar surface area (TPSA) is 29.3 Å². The van der Waals surface area contributed by atoms with Crippen molar-refractivity contribution >= 4 is 54.5 Å². The van der Waals surface area contributed by atoms with Crippen LogP contribution in [0.4, 0.5) is 0 Å². The zero-order chi connectivity index (χ0) is 13.1. The Morgan fingerprint density at radius 3 is 2.67 bits per heavy atom. The second-order valence-electron chi connectivity index (χ2n) is 4.06. The number of thiophene rings is 2. The molecule has 2 aromatic rings. The van der Waals surface area contributed by atoms with Crippen molar-refractivity contribution in [2.24, 2.45) is 5.73 Å². The van der Waals surface area contributed by atoms with E-state index in [1.54, 1.807) is 22.7 Å². The molecule has 18 heavy (non-hydrogen) atoms. The summed E-state index contributed by atoms with van der Waals surface area (Å²) in [5.74, 6) is 0. The molecule has 0 saturated carbocycles. The van der Waals surface area contributed by atoms with Crippen LogP contribution in [0.2, 0.25) is 0 Å². The second kappa shape index (κ2) is 6.63. The largest absolute Gasteiger partial charge is 0.329 e. The summed E-state index contributed by atoms with van der Waals surface area (Å²) >= 11 is 10.6. The molecule has 0 bridgehead atoms. The Balaban J connectivity index is 2.11. The number of hydrogen-bond donors (Lipinski definition) is 1. The molecule has 0 amide bonds. The standard InChI is InChI=1S/C12H14Br2N2S2/c1-16(6-8-4-11(14)18-7-8)10(5-15)12-9(13)2-3-17-12/h2-4,7,10H,5-6,15H2,1H3. The van der Waals surface area contributed by atoms with Crippen LogP contribution in [0.3, 0.4) is 0 Å². The molecule has 2 rings (SSSR count). The Hall–Kier alpha value is 0.280. The van der Waals surface area contributed by atoms with Gasteiger partial charge in [0.15, 0.2) is 0 Å². The van der Waals surface area contributed by atoms with E-state index >= 15 is 0 Å². The predicted octanol–water partition coefficient (Wildman–Crippen LogP) is 4.47. The molecule has 0 fully saturated rings. The van der Waals surface area contributed by atoms with Crippen molar-refractivity contribution in [3.8, 4) is 0 Å². The Bertz CT molecular complexity index is 510. The van der Waals surface area contributed by atoms with Crippen molar-refractivity contribution in [3.05, 3.63) is 41.6 Å². The van der Waals surface area contributed by atoms with Crippen LogP contribution >= 0.6 is 54.5 Å². The van der Waals surface area contributed by atoms with Gasteiger partial charge in [-0.3, -0.25) is 4.90 Å². The van der Waals surface area contributed by atoms with Crippen LogP contribution in [0, 0.1) is 0 Å². The lowest BCUT2D eigenvalue weighted by molar-refractivity contribution is 0.245. The third-order valence-electron chi connectivity index (χ3n) is 2.76. The Morgan fingerprint density at radius 2 is 2.17 bits per heavy atom. The van der Waals surface area contributed by atoms with Crippen molar-refractivity contribution < 1.29 is 0 Å². The molecule has 1 unspecified atom stereocenters. The number of nitrogens with two attached hydrogens (primary N) is 1. The lowest BCUT2D eigenvalue weighted by atomic mass is 10.2. The summed E-state index contributed by atoms with van der Waals surface area (Å²) in [6.45, 7) is 1.54. The smallest absolute Gasteiger partial charge is 0.0701 e. The number of rotatable bonds is 5. The molecule has 0 aliphatic heterocycles. The minimum Gasteiger partial charge on any atom is -0.329 e. The Labute approximate surface area is 132 Å². The molecule has 0 aromatic carbocycles. The highest BCUT2D eigenvalue weighted by Crippen LogP contribution is 2.32. The molecule has 0 radical (unpaired) electrons. The number of likely N-dealkylation sites (N-methyl/N-ethyl adjacent to an activating group) is 1. The Morgan fingerprint density at radius 1 is 1.39 bits per heavy atom. The summed E-state index contributed by atoms with van der Waals surface area (Å²) < 4.78 is 2.33. The van der Waals surface area contributed by atoms with Crippen molar-refractivity contribution in [3.63, 3.8) is 0 Å². The minimum atomic E-state index is 0.262. The van der Waals surface area contributed by atoms with E-state index in [9.17, 15) is 0 Å². The molecule has 98 valence electrons. The average molecular weight is 410 g/mol. The van der Waals surface area contributed by atoms with Crippen LogP contribution in [-0.2, 0) is 6.54 Å². The number of nitrogens with zero attached hydrogens (tertiary/aromatic N) is 1. The zero-order valence-corrected chi connectivity index (χ0v) is 14.7. The van der Waals surface area contributed by atoms with E-state index in [1.165, 1.54) is 14.2 Å². The van der Waals surface area contributed by atoms with Gasteiger partial charge >= 0.3 is 0 Å². The van der Waals surface area contributed by atoms with Crippen molar-refractivity contribution in [1.82, 2.24) is 4.90 Å². The fourth-order valence-corrected chi connectivity index (χ4v) is 4.87. The molecule has 2 nitrogen and oxygen atoms in total. The molecule has 0 aliphatic carbocycles. The maximum absolute atomic E-state index is 5.93. The molecule has 1 atom stereocenters. The zero-order valence-electron chi connectivity index (χ0n) is 9.90. The SMILES string of the molecule is CN(Cc1csc(Br)c1)C(CN)c1sccc1Br. The number of hydrogen-bond acceptors (Lipinski definition) is 4. The fourth-order valence-electron chi connectivity index (χ4n) is 1.86. The van der Waals surface area contributed by atoms with E-state index in [0.29, 0.717) is 6.54 Å². The molecule has 6 heteroatoms. The maximum atomic E-state index is 5.93. The highest BCUT2D eigenvalue weighted by molar-refractivity contribution is 9.11. The van der Waals surface area contributed by atoms with Gasteiger partial charge < -0.3 is 5.73 Å². The normalized spacial score (nSPS) is 13.2. The first-order chi connectivity index (χ1) is 8.61. The third kappa shape index (κ3) is 3.43. The van der Waals surface area contributed by atoms with Gasteiger partial charge in [0.1, 0.15) is 0 Å². The van der Waals surface area contributed by atoms with Crippen LogP contribution in [0.1, 0.15) is 16.5 Å². The van der Waals surface area contributed by atoms with E-state index in [-0.39, 0.29) is 6.04 Å². The van der Waals surface area contributed by atoms with Gasteiger partial charge in [-0.05, 0) is 67.4 Å². The predicted molar refractivity (Wildman–Crippen MR) is 87.3 cm³/mol. The van der Waals surface area contributed by atoms with Gasteiger partial charge in [-0.1, -0.05) is 0 Å². The van der Waals surface area contributed by atoms with Crippen LogP contribution < -0.4 is 5.73 Å². The average Bonchev–Trinajstić information content (AvgIpc) is 2.90. The highest BCUT2D eigenvalue weighted by Gasteiger charge is 2.19. The van der Waals surface area contributed by atoms with Crippen molar-refractivity contribution in [2.75, 3.05) is 13.6 Å². The first kappa shape index (κ1) is 14.7. The molecule has 2 N–H and O–H groups in total. The summed E-state index contributed by atoms with van der Waals surface area (Å²) in [4.78, 5) is 3.60. The quantitative estimate of drug-likeness (QED) is 0.789. The highest BCUT2D eigenvalue weighted by atomic mass is 79.9. The van der Waals surface area contributed by atoms with Gasteiger partial charge in [-0.15, -0.1) is 22.7 Å². The first-order valence-electron chi connectivity index (χ1n) is 5.48. The van der Waals surface area contributed by atoms with E-state index in [1.807, 2.05) is 0 Å². The molecule has 0 saturated heterocycles. The van der Waals surface area contributed by atoms with Crippen LogP contribution in [-0.4, -0.2) is 18.5 Å². The van der Waals surface area contributed by atoms with Crippen molar-refractivity contribution in [2.45, 2.75) is 12.6 Å². The lowest BCUT2D eigenvalue weighted by Crippen LogP contribution is -2.29. The minimum absolute atomic E-state index is 0.262. The summed E-state index contributed by atoms with van der Waals surface area (Å²) in [5, 5.41) is 4.27. The molecule has 2 aromatic heterocycles. The van der Waals surface area contributed by atoms with E-state index in [4.69, 9.17) is 5.73 Å². The van der Waals surface area contributed by atoms with Crippen LogP contribution in [0.25, 0.3) is 0 Å². The Kier molecular flexibility index (Phi) is 5.41. The lowest BCUT2D eigenvalue weighted by Gasteiger charge is -2.26.